The van der Waals surface area contributed by atoms with Crippen LogP contribution in [-0.2, 0) is 45.1 Å². The lowest BCUT2D eigenvalue weighted by Gasteiger charge is -2.24. The molecule has 6 atom stereocenters. The van der Waals surface area contributed by atoms with Gasteiger partial charge in [-0.25, -0.2) is 33.5 Å². The maximum absolute atomic E-state index is 15.8. The monoisotopic (exact) mass is 649 g/mol. The number of nitrogens with zero attached hydrogens (tertiary/aromatic N) is 7. The Hall–Kier alpha value is -2.41. The normalized spacial score (nSPS) is 31.6. The van der Waals surface area contributed by atoms with E-state index < -0.39 is 57.0 Å². The van der Waals surface area contributed by atoms with Crippen LogP contribution in [-0.4, -0.2) is 70.6 Å². The Balaban J connectivity index is 1.38. The minimum Gasteiger partial charge on any atom is -0.369 e. The number of aryl methyl sites for hydroxylation is 1. The Kier molecular flexibility index (Phi) is 7.49. The van der Waals surface area contributed by atoms with Crippen LogP contribution in [0.2, 0.25) is 0 Å². The standard InChI is InChI=1S/C19H22FN9O8P2S2/c1-8-22-4-9-15(24-8)28-2-3-33-38(31,40)34-5-10-12(20)14(37-39(32,41)35-6-11(28)25-9)18(36-10)29-7-23-13-16(29)26-19(21)27-17(13)30/h4,7,10,12,14,18H,2-3,5-6H2,1H3,(H,31,40)(H,32,41)(H3,21,26,27,30)/t10-,12-,14-,18-,38?,39?/m1/s1. The molecule has 0 saturated carbocycles. The van der Waals surface area contributed by atoms with Gasteiger partial charge in [-0.3, -0.25) is 32.4 Å². The van der Waals surface area contributed by atoms with Gasteiger partial charge in [0.05, 0.1) is 25.7 Å². The van der Waals surface area contributed by atoms with E-state index in [1.54, 1.807) is 11.5 Å². The second-order valence-corrected chi connectivity index (χ2v) is 14.8. The summed E-state index contributed by atoms with van der Waals surface area (Å²) in [4.78, 5) is 35.6. The van der Waals surface area contributed by atoms with Gasteiger partial charge in [-0.15, -0.1) is 0 Å². The predicted molar refractivity (Wildman–Crippen MR) is 146 cm³/mol. The van der Waals surface area contributed by atoms with E-state index in [4.69, 9.17) is 28.6 Å². The average molecular weight is 650 g/mol. The minimum atomic E-state index is -4.31. The molecule has 1 saturated heterocycles. The van der Waals surface area contributed by atoms with E-state index in [9.17, 15) is 13.9 Å². The molecule has 4 aromatic heterocycles. The summed E-state index contributed by atoms with van der Waals surface area (Å²) >= 11 is 8.05. The minimum absolute atomic E-state index is 0.0590. The number of alkyl halides is 1. The van der Waals surface area contributed by atoms with Crippen molar-refractivity contribution >= 4 is 66.4 Å². The highest BCUT2D eigenvalue weighted by atomic mass is 32.7. The van der Waals surface area contributed by atoms with Crippen molar-refractivity contribution in [3.05, 3.63) is 34.5 Å². The van der Waals surface area contributed by atoms with Crippen molar-refractivity contribution in [2.75, 3.05) is 18.9 Å². The summed E-state index contributed by atoms with van der Waals surface area (Å²) in [5.41, 5.74) is 5.68. The first kappa shape index (κ1) is 28.7. The maximum Gasteiger partial charge on any atom is 0.387 e. The number of rotatable bonds is 1. The number of nitrogens with one attached hydrogen (secondary N) is 1. The predicted octanol–water partition coefficient (Wildman–Crippen LogP) is 2.11. The zero-order valence-corrected chi connectivity index (χ0v) is 24.5. The van der Waals surface area contributed by atoms with Gasteiger partial charge in [-0.2, -0.15) is 4.98 Å². The Bertz CT molecular complexity index is 1800. The molecule has 6 heterocycles. The first-order valence-electron chi connectivity index (χ1n) is 11.9. The molecule has 3 N–H and O–H groups in total. The Labute approximate surface area is 239 Å². The molecule has 6 rings (SSSR count). The number of H-pyrrole nitrogens is 1. The first-order valence-corrected chi connectivity index (χ1v) is 17.3. The summed E-state index contributed by atoms with van der Waals surface area (Å²) in [6, 6.07) is 0. The number of nitrogens with two attached hydrogens (primary N) is 1. The van der Waals surface area contributed by atoms with Gasteiger partial charge in [-0.1, -0.05) is 24.5 Å². The lowest BCUT2D eigenvalue weighted by molar-refractivity contribution is -0.0444. The van der Waals surface area contributed by atoms with Crippen molar-refractivity contribution in [1.29, 1.82) is 0 Å². The van der Waals surface area contributed by atoms with E-state index >= 15 is 4.39 Å². The van der Waals surface area contributed by atoms with Gasteiger partial charge in [-0.05, 0) is 6.92 Å². The van der Waals surface area contributed by atoms with Crippen molar-refractivity contribution in [3.63, 3.8) is 0 Å². The number of aromatic nitrogens is 8. The number of ether oxygens (including phenoxy) is 1. The Morgan fingerprint density at radius 2 is 1.93 bits per heavy atom. The molecule has 4 aromatic rings. The molecule has 41 heavy (non-hydrogen) atoms. The van der Waals surface area contributed by atoms with Crippen LogP contribution in [0.5, 0.6) is 0 Å². The number of hydrogen-bond acceptors (Lipinski definition) is 14. The van der Waals surface area contributed by atoms with Gasteiger partial charge < -0.3 is 15.0 Å². The Morgan fingerprint density at radius 1 is 1.12 bits per heavy atom. The Morgan fingerprint density at radius 3 is 2.73 bits per heavy atom. The number of aromatic amines is 1. The van der Waals surface area contributed by atoms with E-state index in [0.717, 1.165) is 6.33 Å². The largest absolute Gasteiger partial charge is 0.387 e. The van der Waals surface area contributed by atoms with E-state index in [1.165, 1.54) is 10.8 Å². The molecule has 2 aliphatic rings. The van der Waals surface area contributed by atoms with E-state index in [-0.39, 0.29) is 36.1 Å². The third-order valence-corrected chi connectivity index (χ3v) is 9.53. The van der Waals surface area contributed by atoms with Crippen molar-refractivity contribution < 1.29 is 36.4 Å². The number of halogens is 1. The number of anilines is 1. The summed E-state index contributed by atoms with van der Waals surface area (Å²) in [5, 5.41) is 0. The topological polar surface area (TPSA) is 213 Å². The molecule has 1 fully saturated rings. The number of nitrogen functional groups attached to an aromatic ring is 1. The van der Waals surface area contributed by atoms with Gasteiger partial charge in [0.2, 0.25) is 5.95 Å². The SMILES string of the molecule is Cc1ncc2nc3n(c2n1)CCOP(=O)(S)OC[C@H]1O[C@@H](n2cnc4c(=O)[nH]c(N)nc42)[C@H](OP(=O)(S)OC3)[C@@H]1F. The highest BCUT2D eigenvalue weighted by Crippen LogP contribution is 2.58. The summed E-state index contributed by atoms with van der Waals surface area (Å²) in [5.74, 6) is 0.468. The van der Waals surface area contributed by atoms with Gasteiger partial charge >= 0.3 is 13.6 Å². The van der Waals surface area contributed by atoms with Crippen LogP contribution in [0.15, 0.2) is 17.3 Å². The quantitative estimate of drug-likeness (QED) is 0.172. The van der Waals surface area contributed by atoms with Crippen molar-refractivity contribution in [2.24, 2.45) is 0 Å². The molecular formula is C19H22FN9O8P2S2. The van der Waals surface area contributed by atoms with Gasteiger partial charge in [0.25, 0.3) is 5.56 Å². The van der Waals surface area contributed by atoms with Crippen molar-refractivity contribution in [1.82, 2.24) is 39.0 Å². The molecule has 2 aliphatic heterocycles. The second-order valence-electron chi connectivity index (χ2n) is 9.00. The third-order valence-electron chi connectivity index (χ3n) is 6.26. The summed E-state index contributed by atoms with van der Waals surface area (Å²) in [6.45, 7) is -7.71. The fourth-order valence-corrected chi connectivity index (χ4v) is 7.00. The molecule has 220 valence electrons. The summed E-state index contributed by atoms with van der Waals surface area (Å²) < 4.78 is 72.5. The lowest BCUT2D eigenvalue weighted by atomic mass is 10.1. The van der Waals surface area contributed by atoms with Crippen LogP contribution < -0.4 is 11.3 Å². The molecule has 0 aromatic carbocycles. The maximum atomic E-state index is 15.8. The summed E-state index contributed by atoms with van der Waals surface area (Å²) in [7, 11) is 0. The smallest absolute Gasteiger partial charge is 0.369 e. The van der Waals surface area contributed by atoms with Crippen molar-refractivity contribution in [2.45, 2.75) is 44.7 Å². The van der Waals surface area contributed by atoms with Crippen LogP contribution in [0.1, 0.15) is 17.9 Å². The zero-order chi connectivity index (χ0) is 29.1. The van der Waals surface area contributed by atoms with Crippen LogP contribution in [0.3, 0.4) is 0 Å². The van der Waals surface area contributed by atoms with Crippen LogP contribution >= 0.6 is 38.1 Å². The molecule has 2 unspecified atom stereocenters. The lowest BCUT2D eigenvalue weighted by Crippen LogP contribution is -2.31. The highest BCUT2D eigenvalue weighted by Gasteiger charge is 2.51. The molecule has 0 radical (unpaired) electrons. The van der Waals surface area contributed by atoms with E-state index in [2.05, 4.69) is 54.4 Å². The fraction of sp³-hybridized carbons (Fsp3) is 0.474. The fourth-order valence-electron chi connectivity index (χ4n) is 4.47. The molecule has 2 bridgehead atoms. The number of thiol groups is 2. The molecule has 0 aliphatic carbocycles. The molecular weight excluding hydrogens is 627 g/mol. The third kappa shape index (κ3) is 5.68. The first-order chi connectivity index (χ1) is 19.4. The molecule has 0 spiro atoms. The summed E-state index contributed by atoms with van der Waals surface area (Å²) in [6.07, 6.45) is -3.84. The van der Waals surface area contributed by atoms with Crippen LogP contribution in [0, 0.1) is 6.92 Å². The molecule has 17 nitrogen and oxygen atoms in total. The number of hydrogen-bond donors (Lipinski definition) is 4. The van der Waals surface area contributed by atoms with Gasteiger partial charge in [0, 0.05) is 6.54 Å². The van der Waals surface area contributed by atoms with E-state index in [0.29, 0.717) is 17.0 Å². The zero-order valence-electron chi connectivity index (χ0n) is 20.9. The molecule has 0 amide bonds. The van der Waals surface area contributed by atoms with Gasteiger partial charge in [0.1, 0.15) is 36.0 Å². The second kappa shape index (κ2) is 10.7. The van der Waals surface area contributed by atoms with Crippen molar-refractivity contribution in [3.8, 4) is 0 Å². The van der Waals surface area contributed by atoms with Crippen LogP contribution in [0.25, 0.3) is 22.3 Å². The van der Waals surface area contributed by atoms with Crippen LogP contribution in [0.4, 0.5) is 10.3 Å². The van der Waals surface area contributed by atoms with E-state index in [1.807, 2.05) is 0 Å². The van der Waals surface area contributed by atoms with Gasteiger partial charge in [0.15, 0.2) is 29.2 Å². The molecule has 22 heteroatoms. The number of fused-ring (bicyclic) bond motifs is 6. The number of imidazole rings is 2. The highest BCUT2D eigenvalue weighted by molar-refractivity contribution is 8.44. The average Bonchev–Trinajstić information content (AvgIpc) is 3.55.